The summed E-state index contributed by atoms with van der Waals surface area (Å²) < 4.78 is 11.9. The Labute approximate surface area is 252 Å². The molecule has 1 heterocycles. The van der Waals surface area contributed by atoms with Crippen molar-refractivity contribution in [2.24, 2.45) is 23.5 Å². The largest absolute Gasteiger partial charge is 0.445 e. The molecule has 0 radical (unpaired) electrons. The minimum absolute atomic E-state index is 0.0755. The van der Waals surface area contributed by atoms with Crippen LogP contribution in [-0.4, -0.2) is 40.3 Å². The van der Waals surface area contributed by atoms with Gasteiger partial charge in [0.15, 0.2) is 11.5 Å². The molecule has 9 heteroatoms. The van der Waals surface area contributed by atoms with Gasteiger partial charge in [-0.2, -0.15) is 0 Å². The average Bonchev–Trinajstić information content (AvgIpc) is 3.55. The Morgan fingerprint density at radius 1 is 1.05 bits per heavy atom. The fourth-order valence-electron chi connectivity index (χ4n) is 5.70. The van der Waals surface area contributed by atoms with E-state index < -0.39 is 29.9 Å². The summed E-state index contributed by atoms with van der Waals surface area (Å²) in [6, 6.07) is 18.0. The summed E-state index contributed by atoms with van der Waals surface area (Å²) in [5.41, 5.74) is 7.06. The van der Waals surface area contributed by atoms with Crippen LogP contribution in [0.1, 0.15) is 68.2 Å². The van der Waals surface area contributed by atoms with E-state index in [4.69, 9.17) is 15.2 Å². The highest BCUT2D eigenvalue weighted by Gasteiger charge is 2.53. The van der Waals surface area contributed by atoms with Gasteiger partial charge in [-0.25, -0.2) is 9.78 Å². The normalized spacial score (nSPS) is 17.6. The van der Waals surface area contributed by atoms with Gasteiger partial charge in [0.05, 0.1) is 18.6 Å². The molecule has 1 amide bonds. The lowest BCUT2D eigenvalue weighted by Gasteiger charge is -2.45. The van der Waals surface area contributed by atoms with Gasteiger partial charge in [-0.1, -0.05) is 93.8 Å². The number of hydrogen-bond acceptors (Lipinski definition) is 8. The Bertz CT molecular complexity index is 1240. The number of hydrogen-bond donors (Lipinski definition) is 3. The number of rotatable bonds is 14. The number of aliphatic hydroxyl groups excluding tert-OH is 1. The fourth-order valence-corrected chi connectivity index (χ4v) is 6.40. The van der Waals surface area contributed by atoms with Crippen molar-refractivity contribution < 1.29 is 24.2 Å². The number of thiazole rings is 1. The minimum Gasteiger partial charge on any atom is -0.445 e. The van der Waals surface area contributed by atoms with Crippen LogP contribution in [0.2, 0.25) is 0 Å². The summed E-state index contributed by atoms with van der Waals surface area (Å²) in [4.78, 5) is 32.2. The van der Waals surface area contributed by atoms with Crippen LogP contribution in [-0.2, 0) is 27.3 Å². The van der Waals surface area contributed by atoms with Crippen LogP contribution in [0.5, 0.6) is 0 Å². The number of ketones is 1. The molecule has 8 nitrogen and oxygen atoms in total. The van der Waals surface area contributed by atoms with Crippen LogP contribution in [0.25, 0.3) is 0 Å². The van der Waals surface area contributed by atoms with Crippen molar-refractivity contribution in [1.29, 1.82) is 0 Å². The molecule has 1 aromatic heterocycles. The molecule has 4 atom stereocenters. The van der Waals surface area contributed by atoms with E-state index in [9.17, 15) is 14.7 Å². The minimum atomic E-state index is -1.74. The molecule has 1 aliphatic rings. The van der Waals surface area contributed by atoms with E-state index in [1.54, 1.807) is 11.6 Å². The predicted molar refractivity (Wildman–Crippen MR) is 164 cm³/mol. The molecular weight excluding hydrogens is 550 g/mol. The van der Waals surface area contributed by atoms with Crippen molar-refractivity contribution in [1.82, 2.24) is 10.3 Å². The lowest BCUT2D eigenvalue weighted by molar-refractivity contribution is -0.184. The number of nitrogens with two attached hydrogens (primary N) is 1. The summed E-state index contributed by atoms with van der Waals surface area (Å²) in [5, 5.41) is 16.7. The molecule has 3 aromatic rings. The Morgan fingerprint density at radius 2 is 1.69 bits per heavy atom. The first-order valence-corrected chi connectivity index (χ1v) is 15.7. The van der Waals surface area contributed by atoms with Crippen LogP contribution in [0.15, 0.2) is 72.2 Å². The van der Waals surface area contributed by atoms with Crippen LogP contribution in [0.3, 0.4) is 0 Å². The summed E-state index contributed by atoms with van der Waals surface area (Å²) in [7, 11) is 0. The van der Waals surface area contributed by atoms with Crippen LogP contribution in [0.4, 0.5) is 4.79 Å². The molecule has 0 bridgehead atoms. The number of nitrogens with one attached hydrogen (secondary N) is 1. The maximum absolute atomic E-state index is 14.8. The molecule has 1 saturated carbocycles. The topological polar surface area (TPSA) is 124 Å². The number of alkyl carbamates (subject to hydrolysis) is 1. The zero-order valence-electron chi connectivity index (χ0n) is 24.5. The summed E-state index contributed by atoms with van der Waals surface area (Å²) in [6.07, 6.45) is 4.38. The second kappa shape index (κ2) is 15.4. The number of amides is 1. The van der Waals surface area contributed by atoms with Crippen molar-refractivity contribution in [2.45, 2.75) is 76.9 Å². The van der Waals surface area contributed by atoms with Gasteiger partial charge in [0.25, 0.3) is 0 Å². The second-order valence-corrected chi connectivity index (χ2v) is 12.5. The standard InChI is InChI=1S/C33H43N3O5S/c1-23(2)21-41-33(34,30(38)31-35-18-19-42-31)28(26-16-10-5-11-17-26)29(37)27(20-24-12-6-3-7-13-24)36-32(39)40-22-25-14-8-4-9-15-25/h3-4,6-9,12-15,18-19,23,26-28,30,38H,5,10-11,16-17,20-22,34H2,1-2H3,(H,36,39)/t27-,28?,30-,33-/m1/s1. The molecule has 4 N–H and O–H groups in total. The predicted octanol–water partition coefficient (Wildman–Crippen LogP) is 5.81. The molecule has 42 heavy (non-hydrogen) atoms. The molecule has 1 fully saturated rings. The smallest absolute Gasteiger partial charge is 0.408 e. The van der Waals surface area contributed by atoms with Gasteiger partial charge in [0.1, 0.15) is 17.7 Å². The van der Waals surface area contributed by atoms with E-state index in [2.05, 4.69) is 10.3 Å². The number of benzene rings is 2. The SMILES string of the molecule is CC(C)CO[C@](N)(C(C(=O)[C@@H](Cc1ccccc1)NC(=O)OCc1ccccc1)C1CCCCC1)[C@H](O)c1nccs1. The zero-order chi connectivity index (χ0) is 30.0. The van der Waals surface area contributed by atoms with Gasteiger partial charge in [-0.05, 0) is 42.2 Å². The first kappa shape index (κ1) is 31.8. The molecular formula is C33H43N3O5S. The lowest BCUT2D eigenvalue weighted by Crippen LogP contribution is -2.63. The Kier molecular flexibility index (Phi) is 11.7. The van der Waals surface area contributed by atoms with Crippen molar-refractivity contribution in [3.8, 4) is 0 Å². The molecule has 226 valence electrons. The van der Waals surface area contributed by atoms with E-state index in [1.807, 2.05) is 74.5 Å². The van der Waals surface area contributed by atoms with Crippen molar-refractivity contribution in [2.75, 3.05) is 6.61 Å². The number of carbonyl (C=O) groups excluding carboxylic acids is 2. The van der Waals surface area contributed by atoms with Gasteiger partial charge < -0.3 is 25.6 Å². The van der Waals surface area contributed by atoms with Crippen LogP contribution in [0, 0.1) is 17.8 Å². The molecule has 1 unspecified atom stereocenters. The summed E-state index contributed by atoms with van der Waals surface area (Å²) in [6.45, 7) is 4.32. The molecule has 4 rings (SSSR count). The number of Topliss-reactive ketones (excluding diaryl/α,β-unsaturated/α-hetero) is 1. The maximum atomic E-state index is 14.8. The Morgan fingerprint density at radius 3 is 2.29 bits per heavy atom. The number of nitrogens with zero attached hydrogens (tertiary/aromatic N) is 1. The number of aliphatic hydroxyl groups is 1. The van der Waals surface area contributed by atoms with Gasteiger partial charge in [0.2, 0.25) is 0 Å². The molecule has 0 spiro atoms. The number of aromatic nitrogens is 1. The number of carbonyl (C=O) groups is 2. The molecule has 2 aromatic carbocycles. The first-order valence-electron chi connectivity index (χ1n) is 14.8. The van der Waals surface area contributed by atoms with E-state index in [1.165, 1.54) is 11.3 Å². The van der Waals surface area contributed by atoms with Crippen LogP contribution >= 0.6 is 11.3 Å². The molecule has 0 aliphatic heterocycles. The third-order valence-electron chi connectivity index (χ3n) is 7.82. The summed E-state index contributed by atoms with van der Waals surface area (Å²) in [5.74, 6) is -1.17. The maximum Gasteiger partial charge on any atom is 0.408 e. The fraction of sp³-hybridized carbons (Fsp3) is 0.485. The Hall–Kier alpha value is -3.11. The molecule has 0 saturated heterocycles. The van der Waals surface area contributed by atoms with Crippen molar-refractivity contribution >= 4 is 23.2 Å². The van der Waals surface area contributed by atoms with E-state index in [0.717, 1.165) is 43.2 Å². The highest BCUT2D eigenvalue weighted by atomic mass is 32.1. The lowest BCUT2D eigenvalue weighted by atomic mass is 9.69. The summed E-state index contributed by atoms with van der Waals surface area (Å²) >= 11 is 1.27. The third-order valence-corrected chi connectivity index (χ3v) is 8.65. The quantitative estimate of drug-likeness (QED) is 0.202. The molecule has 1 aliphatic carbocycles. The first-order chi connectivity index (χ1) is 20.3. The van der Waals surface area contributed by atoms with E-state index in [-0.39, 0.29) is 37.3 Å². The van der Waals surface area contributed by atoms with Crippen molar-refractivity contribution in [3.05, 3.63) is 88.4 Å². The van der Waals surface area contributed by atoms with E-state index in [0.29, 0.717) is 5.01 Å². The van der Waals surface area contributed by atoms with Gasteiger partial charge in [-0.3, -0.25) is 4.79 Å². The second-order valence-electron chi connectivity index (χ2n) is 11.6. The third kappa shape index (κ3) is 8.47. The van der Waals surface area contributed by atoms with Crippen molar-refractivity contribution in [3.63, 3.8) is 0 Å². The van der Waals surface area contributed by atoms with Gasteiger partial charge in [-0.15, -0.1) is 11.3 Å². The highest BCUT2D eigenvalue weighted by molar-refractivity contribution is 7.09. The monoisotopic (exact) mass is 593 g/mol. The van der Waals surface area contributed by atoms with Gasteiger partial charge in [0, 0.05) is 11.6 Å². The van der Waals surface area contributed by atoms with Gasteiger partial charge >= 0.3 is 6.09 Å². The highest BCUT2D eigenvalue weighted by Crippen LogP contribution is 2.43. The van der Waals surface area contributed by atoms with E-state index >= 15 is 0 Å². The Balaban J connectivity index is 1.68. The number of ether oxygens (including phenoxy) is 2. The average molecular weight is 594 g/mol. The van der Waals surface area contributed by atoms with Crippen LogP contribution < -0.4 is 11.1 Å². The zero-order valence-corrected chi connectivity index (χ0v) is 25.3.